The van der Waals surface area contributed by atoms with Gasteiger partial charge in [-0.05, 0) is 41.6 Å². The highest BCUT2D eigenvalue weighted by molar-refractivity contribution is 5.98. The summed E-state index contributed by atoms with van der Waals surface area (Å²) >= 11 is 0. The number of nitrogens with one attached hydrogen (secondary N) is 1. The minimum absolute atomic E-state index is 0.0342. The fourth-order valence-corrected chi connectivity index (χ4v) is 3.85. The Kier molecular flexibility index (Phi) is 5.83. The summed E-state index contributed by atoms with van der Waals surface area (Å²) in [5.41, 5.74) is 8.68. The van der Waals surface area contributed by atoms with Gasteiger partial charge in [0.1, 0.15) is 16.6 Å². The van der Waals surface area contributed by atoms with E-state index in [1.807, 2.05) is 41.3 Å². The van der Waals surface area contributed by atoms with Crippen molar-refractivity contribution in [2.24, 2.45) is 5.73 Å². The van der Waals surface area contributed by atoms with E-state index in [2.05, 4.69) is 30.5 Å². The van der Waals surface area contributed by atoms with E-state index in [9.17, 15) is 9.59 Å². The second kappa shape index (κ2) is 9.25. The minimum atomic E-state index is -0.676. The molecule has 12 heteroatoms. The van der Waals surface area contributed by atoms with Gasteiger partial charge in [-0.3, -0.25) is 9.59 Å². The predicted octanol–water partition coefficient (Wildman–Crippen LogP) is 1.57. The minimum Gasteiger partial charge on any atom is -0.368 e. The van der Waals surface area contributed by atoms with Gasteiger partial charge in [0.15, 0.2) is 5.82 Å². The Morgan fingerprint density at radius 3 is 2.49 bits per heavy atom. The fraction of sp³-hybridized carbons (Fsp3) is 0.217. The molecule has 3 heterocycles. The molecule has 1 aliphatic heterocycles. The molecule has 0 aliphatic carbocycles. The summed E-state index contributed by atoms with van der Waals surface area (Å²) < 4.78 is 0. The van der Waals surface area contributed by atoms with Gasteiger partial charge in [0, 0.05) is 50.7 Å². The van der Waals surface area contributed by atoms with Gasteiger partial charge in [0.2, 0.25) is 5.91 Å². The second-order valence-corrected chi connectivity index (χ2v) is 7.99. The van der Waals surface area contributed by atoms with Crippen molar-refractivity contribution in [2.75, 3.05) is 36.4 Å². The molecule has 4 aromatic rings. The number of carbonyl (C=O) groups excluding carboxylic acids is 2. The fourth-order valence-electron chi connectivity index (χ4n) is 3.85. The number of hydrogen-bond acceptors (Lipinski definition) is 9. The lowest BCUT2D eigenvalue weighted by Gasteiger charge is -2.35. The molecule has 2 aromatic heterocycles. The number of fused-ring (bicyclic) bond motifs is 1. The monoisotopic (exact) mass is 473 g/mol. The number of carbonyl (C=O) groups is 2. The Morgan fingerprint density at radius 1 is 1.03 bits per heavy atom. The van der Waals surface area contributed by atoms with E-state index in [1.54, 1.807) is 19.1 Å². The first-order chi connectivity index (χ1) is 17.0. The highest BCUT2D eigenvalue weighted by atomic mass is 16.7. The normalized spacial score (nSPS) is 13.6. The van der Waals surface area contributed by atoms with Crippen molar-refractivity contribution < 1.29 is 14.4 Å². The van der Waals surface area contributed by atoms with Crippen molar-refractivity contribution in [3.05, 3.63) is 60.3 Å². The van der Waals surface area contributed by atoms with E-state index in [-0.39, 0.29) is 23.3 Å². The smallest absolute Gasteiger partial charge is 0.347 e. The van der Waals surface area contributed by atoms with Crippen LogP contribution in [0.1, 0.15) is 17.3 Å². The number of rotatable bonds is 6. The summed E-state index contributed by atoms with van der Waals surface area (Å²) in [5, 5.41) is 11.1. The number of piperazine rings is 1. The van der Waals surface area contributed by atoms with Crippen LogP contribution in [0.15, 0.2) is 54.7 Å². The van der Waals surface area contributed by atoms with Crippen LogP contribution in [0.3, 0.4) is 0 Å². The summed E-state index contributed by atoms with van der Waals surface area (Å²) in [6.07, 6.45) is 1.30. The van der Waals surface area contributed by atoms with Crippen molar-refractivity contribution in [3.8, 4) is 6.01 Å². The number of anilines is 3. The van der Waals surface area contributed by atoms with E-state index in [4.69, 9.17) is 10.6 Å². The van der Waals surface area contributed by atoms with Gasteiger partial charge in [0.25, 0.3) is 5.91 Å². The molecule has 0 radical (unpaired) electrons. The first kappa shape index (κ1) is 22.1. The maximum atomic E-state index is 11.9. The zero-order valence-corrected chi connectivity index (χ0v) is 19.0. The molecule has 0 unspecified atom stereocenters. The number of amides is 2. The Balaban J connectivity index is 1.33. The number of nitrogens with two attached hydrogens (primary N) is 1. The van der Waals surface area contributed by atoms with E-state index in [1.165, 1.54) is 11.0 Å². The molecular weight excluding hydrogens is 450 g/mol. The van der Waals surface area contributed by atoms with Gasteiger partial charge in [-0.1, -0.05) is 17.0 Å². The Labute approximate surface area is 200 Å². The van der Waals surface area contributed by atoms with Crippen LogP contribution in [0.5, 0.6) is 6.01 Å². The molecular formula is C23H23N9O3. The van der Waals surface area contributed by atoms with E-state index in [0.29, 0.717) is 29.8 Å². The largest absolute Gasteiger partial charge is 0.368 e. The number of hydrogen-bond donors (Lipinski definition) is 2. The van der Waals surface area contributed by atoms with Gasteiger partial charge in [-0.25, -0.2) is 4.98 Å². The summed E-state index contributed by atoms with van der Waals surface area (Å²) in [6, 6.07) is 14.9. The van der Waals surface area contributed by atoms with Crippen LogP contribution in [-0.4, -0.2) is 68.0 Å². The summed E-state index contributed by atoms with van der Waals surface area (Å²) in [4.78, 5) is 42.8. The van der Waals surface area contributed by atoms with E-state index in [0.717, 1.165) is 18.8 Å². The quantitative estimate of drug-likeness (QED) is 0.426. The van der Waals surface area contributed by atoms with E-state index >= 15 is 0 Å². The summed E-state index contributed by atoms with van der Waals surface area (Å²) in [7, 11) is 0. The molecule has 2 amide bonds. The van der Waals surface area contributed by atoms with Crippen molar-refractivity contribution in [1.29, 1.82) is 0 Å². The average Bonchev–Trinajstić information content (AvgIpc) is 3.27. The first-order valence-electron chi connectivity index (χ1n) is 11.0. The SMILES string of the molecule is CC(=O)N1CCN(c2ccc(Nc3nc(On4nnc5ccccc54)ncc3C(N)=O)cc2)CC1. The highest BCUT2D eigenvalue weighted by Gasteiger charge is 2.19. The molecule has 1 aliphatic rings. The van der Waals surface area contributed by atoms with Gasteiger partial charge < -0.3 is 25.7 Å². The third-order valence-corrected chi connectivity index (χ3v) is 5.74. The average molecular weight is 473 g/mol. The lowest BCUT2D eigenvalue weighted by Crippen LogP contribution is -2.48. The predicted molar refractivity (Wildman–Crippen MR) is 128 cm³/mol. The van der Waals surface area contributed by atoms with Crippen molar-refractivity contribution >= 4 is 40.0 Å². The molecule has 0 atom stereocenters. The van der Waals surface area contributed by atoms with Crippen LogP contribution in [0.25, 0.3) is 11.0 Å². The van der Waals surface area contributed by atoms with E-state index < -0.39 is 5.91 Å². The molecule has 3 N–H and O–H groups in total. The Hall–Kier alpha value is -4.74. The van der Waals surface area contributed by atoms with Crippen molar-refractivity contribution in [3.63, 3.8) is 0 Å². The third-order valence-electron chi connectivity index (χ3n) is 5.74. The molecule has 35 heavy (non-hydrogen) atoms. The molecule has 1 fully saturated rings. The standard InChI is InChI=1S/C23H23N9O3/c1-15(33)30-10-12-31(13-11-30)17-8-6-16(7-9-17)26-22-18(21(24)34)14-25-23(27-22)35-32-20-5-3-2-4-19(20)28-29-32/h2-9,14H,10-13H2,1H3,(H2,24,34)(H,25,26,27). The number of primary amides is 1. The first-order valence-corrected chi connectivity index (χ1v) is 11.0. The molecule has 178 valence electrons. The van der Waals surface area contributed by atoms with Crippen molar-refractivity contribution in [2.45, 2.75) is 6.92 Å². The molecule has 1 saturated heterocycles. The third kappa shape index (κ3) is 4.67. The van der Waals surface area contributed by atoms with Crippen molar-refractivity contribution in [1.82, 2.24) is 30.0 Å². The molecule has 5 rings (SSSR count). The summed E-state index contributed by atoms with van der Waals surface area (Å²) in [5.74, 6) is -0.375. The van der Waals surface area contributed by atoms with Gasteiger partial charge in [-0.15, -0.1) is 5.10 Å². The summed E-state index contributed by atoms with van der Waals surface area (Å²) in [6.45, 7) is 4.52. The van der Waals surface area contributed by atoms with Crippen LogP contribution in [0.4, 0.5) is 17.2 Å². The lowest BCUT2D eigenvalue weighted by molar-refractivity contribution is -0.129. The Bertz CT molecular complexity index is 1380. The van der Waals surface area contributed by atoms with Crippen LogP contribution < -0.4 is 20.8 Å². The molecule has 2 aromatic carbocycles. The lowest BCUT2D eigenvalue weighted by atomic mass is 10.2. The maximum absolute atomic E-state index is 11.9. The zero-order chi connectivity index (χ0) is 24.4. The molecule has 0 bridgehead atoms. The molecule has 0 spiro atoms. The molecule has 0 saturated carbocycles. The maximum Gasteiger partial charge on any atom is 0.347 e. The number of para-hydroxylation sites is 1. The van der Waals surface area contributed by atoms with Gasteiger partial charge in [-0.2, -0.15) is 4.98 Å². The van der Waals surface area contributed by atoms with Gasteiger partial charge >= 0.3 is 6.01 Å². The van der Waals surface area contributed by atoms with Crippen LogP contribution in [-0.2, 0) is 4.79 Å². The Morgan fingerprint density at radius 2 is 1.77 bits per heavy atom. The number of nitrogens with zero attached hydrogens (tertiary/aromatic N) is 7. The van der Waals surface area contributed by atoms with Gasteiger partial charge in [0.05, 0.1) is 0 Å². The zero-order valence-electron chi connectivity index (χ0n) is 19.0. The number of aromatic nitrogens is 5. The van der Waals surface area contributed by atoms with Crippen LogP contribution in [0, 0.1) is 0 Å². The van der Waals surface area contributed by atoms with Crippen LogP contribution >= 0.6 is 0 Å². The second-order valence-electron chi connectivity index (χ2n) is 7.99. The van der Waals surface area contributed by atoms with Crippen LogP contribution in [0.2, 0.25) is 0 Å². The molecule has 12 nitrogen and oxygen atoms in total. The highest BCUT2D eigenvalue weighted by Crippen LogP contribution is 2.24. The topological polar surface area (TPSA) is 144 Å². The number of benzene rings is 2.